The van der Waals surface area contributed by atoms with E-state index in [4.69, 9.17) is 5.73 Å². The second-order valence-electron chi connectivity index (χ2n) is 6.00. The molecule has 1 aliphatic rings. The summed E-state index contributed by atoms with van der Waals surface area (Å²) < 4.78 is 1.56. The first-order chi connectivity index (χ1) is 11.1. The van der Waals surface area contributed by atoms with E-state index in [0.29, 0.717) is 0 Å². The summed E-state index contributed by atoms with van der Waals surface area (Å²) in [6.45, 7) is 0. The Hall–Kier alpha value is -2.40. The molecule has 2 aromatic rings. The topological polar surface area (TPSA) is 77.1 Å². The van der Waals surface area contributed by atoms with Crippen molar-refractivity contribution in [1.82, 2.24) is 4.57 Å². The average molecular weight is 311 g/mol. The van der Waals surface area contributed by atoms with Gasteiger partial charge in [-0.3, -0.25) is 14.2 Å². The maximum Gasteiger partial charge on any atom is 0.255 e. The van der Waals surface area contributed by atoms with Gasteiger partial charge in [0.15, 0.2) is 0 Å². The van der Waals surface area contributed by atoms with Crippen molar-refractivity contribution >= 4 is 11.6 Å². The summed E-state index contributed by atoms with van der Waals surface area (Å²) in [6, 6.07) is 12.2. The Morgan fingerprint density at radius 2 is 1.83 bits per heavy atom. The minimum atomic E-state index is -0.111. The molecule has 0 saturated heterocycles. The molecule has 1 heterocycles. The van der Waals surface area contributed by atoms with E-state index < -0.39 is 0 Å². The van der Waals surface area contributed by atoms with Crippen molar-refractivity contribution in [2.75, 3.05) is 5.32 Å². The Bertz CT molecular complexity index is 736. The van der Waals surface area contributed by atoms with Gasteiger partial charge in [-0.15, -0.1) is 0 Å². The minimum Gasteiger partial charge on any atom is -0.327 e. The summed E-state index contributed by atoms with van der Waals surface area (Å²) in [5, 5.41) is 2.93. The molecule has 0 aliphatic heterocycles. The first-order valence-corrected chi connectivity index (χ1v) is 8.00. The van der Waals surface area contributed by atoms with Crippen molar-refractivity contribution in [3.8, 4) is 5.69 Å². The van der Waals surface area contributed by atoms with E-state index in [1.54, 1.807) is 29.0 Å². The van der Waals surface area contributed by atoms with Gasteiger partial charge in [0.2, 0.25) is 5.91 Å². The number of nitrogens with zero attached hydrogens (tertiary/aromatic N) is 1. The lowest BCUT2D eigenvalue weighted by Crippen LogP contribution is -2.40. The van der Waals surface area contributed by atoms with E-state index in [1.165, 1.54) is 6.07 Å². The van der Waals surface area contributed by atoms with Gasteiger partial charge in [0.1, 0.15) is 0 Å². The van der Waals surface area contributed by atoms with Gasteiger partial charge in [-0.05, 0) is 43.2 Å². The van der Waals surface area contributed by atoms with Crippen LogP contribution in [0.4, 0.5) is 5.69 Å². The van der Waals surface area contributed by atoms with Gasteiger partial charge >= 0.3 is 0 Å². The number of rotatable bonds is 3. The van der Waals surface area contributed by atoms with Gasteiger partial charge in [0.05, 0.1) is 5.92 Å². The number of nitrogens with one attached hydrogen (secondary N) is 1. The normalized spacial score (nSPS) is 20.9. The van der Waals surface area contributed by atoms with Crippen LogP contribution in [0.2, 0.25) is 0 Å². The van der Waals surface area contributed by atoms with Crippen molar-refractivity contribution < 1.29 is 4.79 Å². The van der Waals surface area contributed by atoms with Crippen LogP contribution in [0, 0.1) is 5.92 Å². The largest absolute Gasteiger partial charge is 0.327 e. The number of aromatic nitrogens is 1. The van der Waals surface area contributed by atoms with E-state index in [-0.39, 0.29) is 23.4 Å². The number of carbonyl (C=O) groups excluding carboxylic acids is 1. The standard InChI is InChI=1S/C18H21N3O2/c19-16-6-2-1-5-15(16)18(23)20-13-8-10-14(11-9-13)21-12-4-3-7-17(21)22/h3-4,7-12,15-16H,1-2,5-6,19H2,(H,20,23). The Morgan fingerprint density at radius 3 is 2.52 bits per heavy atom. The van der Waals surface area contributed by atoms with Gasteiger partial charge in [-0.1, -0.05) is 18.9 Å². The fraction of sp³-hybridized carbons (Fsp3) is 0.333. The second kappa shape index (κ2) is 6.79. The third kappa shape index (κ3) is 3.51. The summed E-state index contributed by atoms with van der Waals surface area (Å²) in [7, 11) is 0. The highest BCUT2D eigenvalue weighted by Crippen LogP contribution is 2.24. The van der Waals surface area contributed by atoms with Crippen LogP contribution in [0.3, 0.4) is 0 Å². The van der Waals surface area contributed by atoms with Crippen molar-refractivity contribution in [2.24, 2.45) is 11.7 Å². The zero-order valence-corrected chi connectivity index (χ0v) is 12.9. The van der Waals surface area contributed by atoms with Gasteiger partial charge in [0, 0.05) is 29.7 Å². The molecular formula is C18H21N3O2. The lowest BCUT2D eigenvalue weighted by atomic mass is 9.84. The predicted molar refractivity (Wildman–Crippen MR) is 90.6 cm³/mol. The lowest BCUT2D eigenvalue weighted by Gasteiger charge is -2.27. The molecule has 2 atom stereocenters. The van der Waals surface area contributed by atoms with E-state index >= 15 is 0 Å². The summed E-state index contributed by atoms with van der Waals surface area (Å²) >= 11 is 0. The molecule has 1 saturated carbocycles. The molecule has 5 heteroatoms. The molecule has 23 heavy (non-hydrogen) atoms. The molecule has 1 amide bonds. The molecule has 3 rings (SSSR count). The highest BCUT2D eigenvalue weighted by molar-refractivity contribution is 5.93. The van der Waals surface area contributed by atoms with Gasteiger partial charge < -0.3 is 11.1 Å². The van der Waals surface area contributed by atoms with Gasteiger partial charge in [-0.2, -0.15) is 0 Å². The Kier molecular flexibility index (Phi) is 4.57. The van der Waals surface area contributed by atoms with Crippen LogP contribution in [-0.2, 0) is 4.79 Å². The number of anilines is 1. The van der Waals surface area contributed by atoms with Crippen LogP contribution >= 0.6 is 0 Å². The third-order valence-electron chi connectivity index (χ3n) is 4.39. The van der Waals surface area contributed by atoms with Crippen LogP contribution in [-0.4, -0.2) is 16.5 Å². The minimum absolute atomic E-state index is 0.0122. The van der Waals surface area contributed by atoms with Gasteiger partial charge in [0.25, 0.3) is 5.56 Å². The molecule has 1 aliphatic carbocycles. The number of benzene rings is 1. The van der Waals surface area contributed by atoms with E-state index in [0.717, 1.165) is 37.1 Å². The molecule has 120 valence electrons. The van der Waals surface area contributed by atoms with Crippen LogP contribution in [0.25, 0.3) is 5.69 Å². The third-order valence-corrected chi connectivity index (χ3v) is 4.39. The van der Waals surface area contributed by atoms with Crippen LogP contribution in [0.15, 0.2) is 53.5 Å². The average Bonchev–Trinajstić information content (AvgIpc) is 2.56. The summed E-state index contributed by atoms with van der Waals surface area (Å²) in [6.07, 6.45) is 5.64. The number of hydrogen-bond acceptors (Lipinski definition) is 3. The molecule has 2 unspecified atom stereocenters. The highest BCUT2D eigenvalue weighted by Gasteiger charge is 2.28. The lowest BCUT2D eigenvalue weighted by molar-refractivity contribution is -0.121. The fourth-order valence-corrected chi connectivity index (χ4v) is 3.07. The molecule has 1 aromatic carbocycles. The molecule has 5 nitrogen and oxygen atoms in total. The summed E-state index contributed by atoms with van der Waals surface area (Å²) in [5.41, 5.74) is 7.46. The number of hydrogen-bond donors (Lipinski definition) is 2. The van der Waals surface area contributed by atoms with E-state index in [2.05, 4.69) is 5.32 Å². The molecule has 0 radical (unpaired) electrons. The quantitative estimate of drug-likeness (QED) is 0.913. The van der Waals surface area contributed by atoms with E-state index in [1.807, 2.05) is 18.2 Å². The summed E-state index contributed by atoms with van der Waals surface area (Å²) in [5.74, 6) is -0.123. The molecule has 1 aromatic heterocycles. The monoisotopic (exact) mass is 311 g/mol. The van der Waals surface area contributed by atoms with Crippen molar-refractivity contribution in [3.63, 3.8) is 0 Å². The maximum absolute atomic E-state index is 12.3. The number of carbonyl (C=O) groups is 1. The highest BCUT2D eigenvalue weighted by atomic mass is 16.2. The first-order valence-electron chi connectivity index (χ1n) is 8.00. The number of nitrogens with two attached hydrogens (primary N) is 1. The number of amides is 1. The predicted octanol–water partition coefficient (Wildman–Crippen LogP) is 2.29. The molecule has 0 bridgehead atoms. The second-order valence-corrected chi connectivity index (χ2v) is 6.00. The molecule has 0 spiro atoms. The molecule has 3 N–H and O–H groups in total. The summed E-state index contributed by atoms with van der Waals surface area (Å²) in [4.78, 5) is 24.1. The van der Waals surface area contributed by atoms with Crippen LogP contribution in [0.5, 0.6) is 0 Å². The van der Waals surface area contributed by atoms with Gasteiger partial charge in [-0.25, -0.2) is 0 Å². The number of pyridine rings is 1. The molecule has 1 fully saturated rings. The van der Waals surface area contributed by atoms with Crippen LogP contribution < -0.4 is 16.6 Å². The first kappa shape index (κ1) is 15.5. The Labute approximate surface area is 135 Å². The smallest absolute Gasteiger partial charge is 0.255 e. The van der Waals surface area contributed by atoms with Crippen molar-refractivity contribution in [2.45, 2.75) is 31.7 Å². The van der Waals surface area contributed by atoms with E-state index in [9.17, 15) is 9.59 Å². The SMILES string of the molecule is NC1CCCCC1C(=O)Nc1ccc(-n2ccccc2=O)cc1. The van der Waals surface area contributed by atoms with Crippen molar-refractivity contribution in [1.29, 1.82) is 0 Å². The van der Waals surface area contributed by atoms with Crippen molar-refractivity contribution in [3.05, 3.63) is 59.0 Å². The fourth-order valence-electron chi connectivity index (χ4n) is 3.07. The maximum atomic E-state index is 12.3. The molecular weight excluding hydrogens is 290 g/mol. The zero-order valence-electron chi connectivity index (χ0n) is 12.9. The Balaban J connectivity index is 1.71. The van der Waals surface area contributed by atoms with Crippen LogP contribution in [0.1, 0.15) is 25.7 Å². The Morgan fingerprint density at radius 1 is 1.09 bits per heavy atom. The zero-order chi connectivity index (χ0) is 16.2.